The fourth-order valence-corrected chi connectivity index (χ4v) is 2.81. The highest BCUT2D eigenvalue weighted by Gasteiger charge is 2.31. The van der Waals surface area contributed by atoms with E-state index in [1.165, 1.54) is 18.3 Å². The first kappa shape index (κ1) is 19.0. The summed E-state index contributed by atoms with van der Waals surface area (Å²) in [6, 6.07) is 5.09. The summed E-state index contributed by atoms with van der Waals surface area (Å²) in [4.78, 5) is 8.04. The van der Waals surface area contributed by atoms with Gasteiger partial charge in [0, 0.05) is 6.04 Å². The van der Waals surface area contributed by atoms with Crippen LogP contribution in [-0.2, 0) is 0 Å². The molecule has 1 aliphatic carbocycles. The number of aliphatic hydroxyl groups is 1. The number of halogens is 3. The third-order valence-corrected chi connectivity index (χ3v) is 4.10. The Morgan fingerprint density at radius 2 is 1.70 bits per heavy atom. The van der Waals surface area contributed by atoms with Crippen molar-refractivity contribution in [2.24, 2.45) is 0 Å². The van der Waals surface area contributed by atoms with Gasteiger partial charge < -0.3 is 25.6 Å². The number of aliphatic hydroxyl groups excluding tert-OH is 1. The molecule has 0 bridgehead atoms. The highest BCUT2D eigenvalue weighted by molar-refractivity contribution is 5.53. The molecule has 4 N–H and O–H groups in total. The lowest BCUT2D eigenvalue weighted by Gasteiger charge is -2.27. The first-order chi connectivity index (χ1) is 12.8. The predicted octanol–water partition coefficient (Wildman–Crippen LogP) is 3.47. The lowest BCUT2D eigenvalue weighted by atomic mass is 9.93. The summed E-state index contributed by atoms with van der Waals surface area (Å²) in [7, 11) is 0. The molecule has 0 radical (unpaired) electrons. The number of anilines is 2. The van der Waals surface area contributed by atoms with E-state index in [0.29, 0.717) is 30.2 Å². The minimum absolute atomic E-state index is 0.0645. The van der Waals surface area contributed by atoms with Gasteiger partial charge in [0.15, 0.2) is 11.6 Å². The molecule has 0 amide bonds. The van der Waals surface area contributed by atoms with E-state index in [9.17, 15) is 18.3 Å². The molecule has 0 unspecified atom stereocenters. The van der Waals surface area contributed by atoms with E-state index in [4.69, 9.17) is 10.5 Å². The molecule has 0 saturated heterocycles. The first-order valence-corrected chi connectivity index (χ1v) is 8.39. The number of hydrogen-bond acceptors (Lipinski definition) is 7. The maximum atomic E-state index is 12.2. The normalized spacial score (nSPS) is 20.1. The summed E-state index contributed by atoms with van der Waals surface area (Å²) in [6.45, 7) is 0. The number of hydrogen-bond donors (Lipinski definition) is 3. The summed E-state index contributed by atoms with van der Waals surface area (Å²) in [5.74, 6) is 0.691. The molecule has 3 rings (SSSR count). The fraction of sp³-hybridized carbons (Fsp3) is 0.412. The predicted molar refractivity (Wildman–Crippen MR) is 91.5 cm³/mol. The Morgan fingerprint density at radius 1 is 1.07 bits per heavy atom. The Morgan fingerprint density at radius 3 is 2.33 bits per heavy atom. The van der Waals surface area contributed by atoms with Crippen LogP contribution in [0.5, 0.6) is 17.2 Å². The van der Waals surface area contributed by atoms with Gasteiger partial charge in [0.2, 0.25) is 5.95 Å². The number of nitrogens with zero attached hydrogens (tertiary/aromatic N) is 2. The fourth-order valence-electron chi connectivity index (χ4n) is 2.81. The van der Waals surface area contributed by atoms with Gasteiger partial charge in [0.1, 0.15) is 11.5 Å². The van der Waals surface area contributed by atoms with Crippen LogP contribution in [0.4, 0.5) is 24.9 Å². The molecule has 1 aromatic heterocycles. The summed E-state index contributed by atoms with van der Waals surface area (Å²) in [5.41, 5.74) is 5.65. The largest absolute Gasteiger partial charge is 0.573 e. The van der Waals surface area contributed by atoms with Crippen molar-refractivity contribution < 1.29 is 27.8 Å². The van der Waals surface area contributed by atoms with Crippen LogP contribution < -0.4 is 20.5 Å². The second-order valence-corrected chi connectivity index (χ2v) is 6.21. The van der Waals surface area contributed by atoms with E-state index in [0.717, 1.165) is 25.0 Å². The number of ether oxygens (including phenoxy) is 2. The van der Waals surface area contributed by atoms with Crippen LogP contribution in [0.15, 0.2) is 30.5 Å². The van der Waals surface area contributed by atoms with Gasteiger partial charge >= 0.3 is 6.36 Å². The number of aromatic nitrogens is 2. The van der Waals surface area contributed by atoms with Gasteiger partial charge in [-0.25, -0.2) is 4.98 Å². The summed E-state index contributed by atoms with van der Waals surface area (Å²) < 4.78 is 46.2. The SMILES string of the molecule is Nc1ncc(Oc2ccc(OC(F)(F)F)cc2)c(N[C@H]2CC[C@H](O)CC2)n1. The van der Waals surface area contributed by atoms with Crippen LogP contribution in [0.1, 0.15) is 25.7 Å². The van der Waals surface area contributed by atoms with Crippen molar-refractivity contribution in [3.8, 4) is 17.2 Å². The molecule has 0 aliphatic heterocycles. The second-order valence-electron chi connectivity index (χ2n) is 6.21. The van der Waals surface area contributed by atoms with Gasteiger partial charge in [-0.15, -0.1) is 13.2 Å². The van der Waals surface area contributed by atoms with Crippen molar-refractivity contribution >= 4 is 11.8 Å². The first-order valence-electron chi connectivity index (χ1n) is 8.39. The Kier molecular flexibility index (Phi) is 5.54. The Bertz CT molecular complexity index is 763. The number of nitrogens with two attached hydrogens (primary N) is 1. The van der Waals surface area contributed by atoms with E-state index in [-0.39, 0.29) is 23.8 Å². The Labute approximate surface area is 153 Å². The maximum Gasteiger partial charge on any atom is 0.573 e. The molecule has 2 aromatic rings. The highest BCUT2D eigenvalue weighted by atomic mass is 19.4. The third-order valence-electron chi connectivity index (χ3n) is 4.10. The van der Waals surface area contributed by atoms with Crippen LogP contribution in [0.2, 0.25) is 0 Å². The minimum atomic E-state index is -4.75. The second kappa shape index (κ2) is 7.87. The minimum Gasteiger partial charge on any atom is -0.452 e. The molecule has 10 heteroatoms. The molecule has 1 saturated carbocycles. The smallest absolute Gasteiger partial charge is 0.452 e. The molecule has 1 aliphatic rings. The zero-order valence-corrected chi connectivity index (χ0v) is 14.2. The average molecular weight is 384 g/mol. The zero-order valence-electron chi connectivity index (χ0n) is 14.2. The average Bonchev–Trinajstić information content (AvgIpc) is 2.60. The van der Waals surface area contributed by atoms with Gasteiger partial charge in [0.05, 0.1) is 12.3 Å². The van der Waals surface area contributed by atoms with Crippen LogP contribution in [-0.4, -0.2) is 33.6 Å². The number of nitrogens with one attached hydrogen (secondary N) is 1. The third kappa shape index (κ3) is 5.61. The van der Waals surface area contributed by atoms with Crippen molar-refractivity contribution in [1.82, 2.24) is 9.97 Å². The van der Waals surface area contributed by atoms with Crippen molar-refractivity contribution in [2.45, 2.75) is 44.2 Å². The molecule has 27 heavy (non-hydrogen) atoms. The van der Waals surface area contributed by atoms with Crippen LogP contribution in [0.25, 0.3) is 0 Å². The summed E-state index contributed by atoms with van der Waals surface area (Å²) >= 11 is 0. The van der Waals surface area contributed by atoms with Gasteiger partial charge in [0.25, 0.3) is 0 Å². The topological polar surface area (TPSA) is 103 Å². The molecule has 0 spiro atoms. The van der Waals surface area contributed by atoms with Crippen molar-refractivity contribution in [3.63, 3.8) is 0 Å². The monoisotopic (exact) mass is 384 g/mol. The van der Waals surface area contributed by atoms with Crippen LogP contribution in [0.3, 0.4) is 0 Å². The quantitative estimate of drug-likeness (QED) is 0.725. The van der Waals surface area contributed by atoms with E-state index < -0.39 is 6.36 Å². The van der Waals surface area contributed by atoms with E-state index in [1.807, 2.05) is 0 Å². The van der Waals surface area contributed by atoms with Crippen molar-refractivity contribution in [2.75, 3.05) is 11.1 Å². The number of benzene rings is 1. The maximum absolute atomic E-state index is 12.2. The summed E-state index contributed by atoms with van der Waals surface area (Å²) in [5, 5.41) is 12.8. The molecule has 1 aromatic carbocycles. The van der Waals surface area contributed by atoms with Gasteiger partial charge in [-0.2, -0.15) is 4.98 Å². The highest BCUT2D eigenvalue weighted by Crippen LogP contribution is 2.32. The standard InChI is InChI=1S/C17H19F3N4O3/c18-17(19,20)27-13-7-5-12(6-8-13)26-14-9-22-16(21)24-15(14)23-10-1-3-11(25)4-2-10/h5-11,25H,1-4H2,(H3,21,22,23,24)/t10-,11-. The molecule has 146 valence electrons. The Balaban J connectivity index is 1.71. The molecule has 1 heterocycles. The van der Waals surface area contributed by atoms with Crippen LogP contribution >= 0.6 is 0 Å². The molecule has 7 nitrogen and oxygen atoms in total. The molecule has 0 atom stereocenters. The van der Waals surface area contributed by atoms with Crippen molar-refractivity contribution in [3.05, 3.63) is 30.5 Å². The van der Waals surface area contributed by atoms with Gasteiger partial charge in [-0.3, -0.25) is 0 Å². The number of rotatable bonds is 5. The van der Waals surface area contributed by atoms with Gasteiger partial charge in [-0.05, 0) is 49.9 Å². The molecule has 1 fully saturated rings. The van der Waals surface area contributed by atoms with Gasteiger partial charge in [-0.1, -0.05) is 0 Å². The molecular formula is C17H19F3N4O3. The summed E-state index contributed by atoms with van der Waals surface area (Å²) in [6.07, 6.45) is -0.724. The zero-order chi connectivity index (χ0) is 19.4. The van der Waals surface area contributed by atoms with Crippen LogP contribution in [0, 0.1) is 0 Å². The number of alkyl halides is 3. The Hall–Kier alpha value is -2.75. The van der Waals surface area contributed by atoms with E-state index in [2.05, 4.69) is 20.0 Å². The number of nitrogen functional groups attached to an aromatic ring is 1. The molecular weight excluding hydrogens is 365 g/mol. The van der Waals surface area contributed by atoms with Crippen molar-refractivity contribution in [1.29, 1.82) is 0 Å². The van der Waals surface area contributed by atoms with E-state index >= 15 is 0 Å². The van der Waals surface area contributed by atoms with E-state index in [1.54, 1.807) is 0 Å². The lowest BCUT2D eigenvalue weighted by Crippen LogP contribution is -2.28. The lowest BCUT2D eigenvalue weighted by molar-refractivity contribution is -0.274.